The maximum Gasteiger partial charge on any atom is 0.316 e. The van der Waals surface area contributed by atoms with E-state index in [2.05, 4.69) is 0 Å². The Bertz CT molecular complexity index is 294. The first-order valence-corrected chi connectivity index (χ1v) is 4.67. The number of aliphatic carboxylic acids is 1. The van der Waals surface area contributed by atoms with Gasteiger partial charge in [0.1, 0.15) is 5.75 Å². The highest BCUT2D eigenvalue weighted by Crippen LogP contribution is 2.04. The standard InChI is InChI=1S/C8H8O3S/c9-8(10)6-12(11)7-4-2-1-3-5-7/h1-5H,6H2,(H,9,10)/t12-/m1/s1. The van der Waals surface area contributed by atoms with Gasteiger partial charge in [-0.2, -0.15) is 0 Å². The van der Waals surface area contributed by atoms with E-state index < -0.39 is 16.8 Å². The van der Waals surface area contributed by atoms with Crippen LogP contribution in [0.5, 0.6) is 0 Å². The van der Waals surface area contributed by atoms with Gasteiger partial charge in [-0.15, -0.1) is 0 Å². The molecule has 0 spiro atoms. The molecule has 0 saturated heterocycles. The Hall–Kier alpha value is -1.16. The quantitative estimate of drug-likeness (QED) is 0.758. The molecule has 0 aliphatic carbocycles. The zero-order chi connectivity index (χ0) is 8.97. The molecule has 1 aromatic rings. The van der Waals surface area contributed by atoms with E-state index in [1.165, 1.54) is 0 Å². The second-order valence-electron chi connectivity index (χ2n) is 2.20. The minimum absolute atomic E-state index is 0.329. The van der Waals surface area contributed by atoms with E-state index in [9.17, 15) is 9.00 Å². The average molecular weight is 184 g/mol. The molecule has 12 heavy (non-hydrogen) atoms. The van der Waals surface area contributed by atoms with Crippen LogP contribution in [-0.4, -0.2) is 21.0 Å². The lowest BCUT2D eigenvalue weighted by atomic mass is 10.4. The molecular weight excluding hydrogens is 176 g/mol. The maximum atomic E-state index is 11.2. The minimum atomic E-state index is -1.41. The summed E-state index contributed by atoms with van der Waals surface area (Å²) in [5, 5.41) is 8.35. The van der Waals surface area contributed by atoms with Crippen molar-refractivity contribution in [3.05, 3.63) is 30.3 Å². The van der Waals surface area contributed by atoms with Crippen molar-refractivity contribution >= 4 is 16.8 Å². The van der Waals surface area contributed by atoms with Crippen LogP contribution in [0.3, 0.4) is 0 Å². The molecule has 0 fully saturated rings. The SMILES string of the molecule is O=C(O)C[S@@](=O)c1ccccc1. The summed E-state index contributed by atoms with van der Waals surface area (Å²) >= 11 is 0. The minimum Gasteiger partial charge on any atom is -0.481 e. The first-order valence-electron chi connectivity index (χ1n) is 3.35. The van der Waals surface area contributed by atoms with Crippen LogP contribution in [0.2, 0.25) is 0 Å². The second-order valence-corrected chi connectivity index (χ2v) is 3.65. The van der Waals surface area contributed by atoms with Gasteiger partial charge in [0.2, 0.25) is 0 Å². The molecule has 0 heterocycles. The molecule has 1 atom stereocenters. The van der Waals surface area contributed by atoms with Crippen molar-refractivity contribution in [1.29, 1.82) is 0 Å². The van der Waals surface area contributed by atoms with Gasteiger partial charge in [-0.3, -0.25) is 9.00 Å². The molecule has 4 heteroatoms. The van der Waals surface area contributed by atoms with Crippen LogP contribution in [0.4, 0.5) is 0 Å². The predicted octanol–water partition coefficient (Wildman–Crippen LogP) is 0.879. The van der Waals surface area contributed by atoms with E-state index in [1.807, 2.05) is 0 Å². The van der Waals surface area contributed by atoms with E-state index in [0.717, 1.165) is 0 Å². The number of hydrogen-bond donors (Lipinski definition) is 1. The zero-order valence-electron chi connectivity index (χ0n) is 6.27. The first-order chi connectivity index (χ1) is 5.70. The number of hydrogen-bond acceptors (Lipinski definition) is 2. The average Bonchev–Trinajstić information content (AvgIpc) is 2.05. The van der Waals surface area contributed by atoms with Gasteiger partial charge in [0.25, 0.3) is 0 Å². The Labute approximate surface area is 72.5 Å². The fourth-order valence-corrected chi connectivity index (χ4v) is 1.62. The van der Waals surface area contributed by atoms with Gasteiger partial charge in [-0.1, -0.05) is 18.2 Å². The Kier molecular flexibility index (Phi) is 2.99. The lowest BCUT2D eigenvalue weighted by Gasteiger charge is -1.96. The van der Waals surface area contributed by atoms with Crippen molar-refractivity contribution < 1.29 is 14.1 Å². The third-order valence-electron chi connectivity index (χ3n) is 1.26. The molecule has 3 nitrogen and oxygen atoms in total. The van der Waals surface area contributed by atoms with E-state index in [4.69, 9.17) is 5.11 Å². The molecule has 1 rings (SSSR count). The van der Waals surface area contributed by atoms with Crippen LogP contribution >= 0.6 is 0 Å². The summed E-state index contributed by atoms with van der Waals surface area (Å²) in [5.41, 5.74) is 0. The van der Waals surface area contributed by atoms with Gasteiger partial charge in [-0.25, -0.2) is 0 Å². The highest BCUT2D eigenvalue weighted by molar-refractivity contribution is 7.85. The molecule has 1 N–H and O–H groups in total. The Morgan fingerprint density at radius 2 is 1.92 bits per heavy atom. The molecule has 1 aromatic carbocycles. The van der Waals surface area contributed by atoms with E-state index in [1.54, 1.807) is 30.3 Å². The Morgan fingerprint density at radius 3 is 2.42 bits per heavy atom. The lowest BCUT2D eigenvalue weighted by Crippen LogP contribution is -2.08. The van der Waals surface area contributed by atoms with Crippen molar-refractivity contribution in [2.24, 2.45) is 0 Å². The van der Waals surface area contributed by atoms with Crippen LogP contribution in [0.1, 0.15) is 0 Å². The highest BCUT2D eigenvalue weighted by Gasteiger charge is 2.06. The molecular formula is C8H8O3S. The number of benzene rings is 1. The number of carboxylic acids is 1. The maximum absolute atomic E-state index is 11.2. The van der Waals surface area contributed by atoms with E-state index >= 15 is 0 Å². The summed E-state index contributed by atoms with van der Waals surface area (Å²) in [6.45, 7) is 0. The zero-order valence-corrected chi connectivity index (χ0v) is 7.08. The summed E-state index contributed by atoms with van der Waals surface area (Å²) in [4.78, 5) is 10.7. The molecule has 0 unspecified atom stereocenters. The van der Waals surface area contributed by atoms with Crippen LogP contribution in [0.25, 0.3) is 0 Å². The normalized spacial score (nSPS) is 12.3. The van der Waals surface area contributed by atoms with Gasteiger partial charge >= 0.3 is 5.97 Å². The van der Waals surface area contributed by atoms with Crippen LogP contribution in [0.15, 0.2) is 35.2 Å². The second kappa shape index (κ2) is 4.01. The van der Waals surface area contributed by atoms with E-state index in [-0.39, 0.29) is 5.75 Å². The Morgan fingerprint density at radius 1 is 1.33 bits per heavy atom. The van der Waals surface area contributed by atoms with Gasteiger partial charge < -0.3 is 5.11 Å². The summed E-state index contributed by atoms with van der Waals surface area (Å²) in [7, 11) is -1.41. The predicted molar refractivity (Wildman–Crippen MR) is 45.4 cm³/mol. The fourth-order valence-electron chi connectivity index (χ4n) is 0.768. The van der Waals surface area contributed by atoms with Crippen LogP contribution in [-0.2, 0) is 15.6 Å². The molecule has 0 aromatic heterocycles. The van der Waals surface area contributed by atoms with Crippen molar-refractivity contribution in [1.82, 2.24) is 0 Å². The summed E-state index contributed by atoms with van der Waals surface area (Å²) in [5.74, 6) is -1.37. The van der Waals surface area contributed by atoms with Crippen molar-refractivity contribution in [3.8, 4) is 0 Å². The number of carboxylic acid groups (broad SMARTS) is 1. The topological polar surface area (TPSA) is 54.4 Å². The monoisotopic (exact) mass is 184 g/mol. The number of rotatable bonds is 3. The fraction of sp³-hybridized carbons (Fsp3) is 0.125. The molecule has 0 aliphatic rings. The van der Waals surface area contributed by atoms with Crippen molar-refractivity contribution in [2.75, 3.05) is 5.75 Å². The lowest BCUT2D eigenvalue weighted by molar-refractivity contribution is -0.133. The first kappa shape index (κ1) is 8.93. The molecule has 0 amide bonds. The smallest absolute Gasteiger partial charge is 0.316 e. The van der Waals surface area contributed by atoms with Crippen molar-refractivity contribution in [3.63, 3.8) is 0 Å². The van der Waals surface area contributed by atoms with Gasteiger partial charge in [0.15, 0.2) is 0 Å². The molecule has 0 aliphatic heterocycles. The van der Waals surface area contributed by atoms with Gasteiger partial charge in [0, 0.05) is 4.90 Å². The summed E-state index contributed by atoms with van der Waals surface area (Å²) < 4.78 is 11.2. The molecule has 64 valence electrons. The third kappa shape index (κ3) is 2.47. The molecule has 0 bridgehead atoms. The van der Waals surface area contributed by atoms with Gasteiger partial charge in [-0.05, 0) is 12.1 Å². The largest absolute Gasteiger partial charge is 0.481 e. The Balaban J connectivity index is 2.73. The summed E-state index contributed by atoms with van der Waals surface area (Å²) in [6, 6.07) is 8.56. The summed E-state index contributed by atoms with van der Waals surface area (Å²) in [6.07, 6.45) is 0. The van der Waals surface area contributed by atoms with E-state index in [0.29, 0.717) is 4.90 Å². The molecule has 0 radical (unpaired) electrons. The molecule has 0 saturated carbocycles. The van der Waals surface area contributed by atoms with Crippen LogP contribution < -0.4 is 0 Å². The number of carbonyl (C=O) groups is 1. The van der Waals surface area contributed by atoms with Crippen LogP contribution in [0, 0.1) is 0 Å². The third-order valence-corrected chi connectivity index (χ3v) is 2.57. The van der Waals surface area contributed by atoms with Crippen molar-refractivity contribution in [2.45, 2.75) is 4.90 Å². The van der Waals surface area contributed by atoms with Gasteiger partial charge in [0.05, 0.1) is 10.8 Å². The highest BCUT2D eigenvalue weighted by atomic mass is 32.2.